The van der Waals surface area contributed by atoms with E-state index in [4.69, 9.17) is 0 Å². The molecule has 0 bridgehead atoms. The molecule has 0 atom stereocenters. The third kappa shape index (κ3) is 4.86. The zero-order valence-corrected chi connectivity index (χ0v) is 18.3. The Labute approximate surface area is 183 Å². The molecule has 1 amide bonds. The van der Waals surface area contributed by atoms with Gasteiger partial charge in [0.1, 0.15) is 4.90 Å². The van der Waals surface area contributed by atoms with Gasteiger partial charge in [0.15, 0.2) is 0 Å². The zero-order chi connectivity index (χ0) is 21.8. The third-order valence-corrected chi connectivity index (χ3v) is 7.39. The Bertz CT molecular complexity index is 1140. The standard InChI is InChI=1S/C23H26N4O3S/c1-25-18-22(17-24-25)31(29,30)27-13-5-12-26(14-15-27)23(28)16-19-8-10-21(11-9-19)20-6-3-2-4-7-20/h2-4,6-11,17-18H,5,12-16H2,1H3. The van der Waals surface area contributed by atoms with E-state index < -0.39 is 10.0 Å². The van der Waals surface area contributed by atoms with Gasteiger partial charge in [0, 0.05) is 39.4 Å². The number of amides is 1. The lowest BCUT2D eigenvalue weighted by atomic mass is 10.0. The maximum Gasteiger partial charge on any atom is 0.246 e. The van der Waals surface area contributed by atoms with Crippen molar-refractivity contribution in [2.24, 2.45) is 7.05 Å². The van der Waals surface area contributed by atoms with Crippen molar-refractivity contribution >= 4 is 15.9 Å². The van der Waals surface area contributed by atoms with Crippen LogP contribution in [0.15, 0.2) is 71.9 Å². The van der Waals surface area contributed by atoms with Gasteiger partial charge in [-0.25, -0.2) is 8.42 Å². The van der Waals surface area contributed by atoms with Crippen molar-refractivity contribution in [1.29, 1.82) is 0 Å². The summed E-state index contributed by atoms with van der Waals surface area (Å²) in [6.45, 7) is 1.63. The van der Waals surface area contributed by atoms with Crippen LogP contribution in [0, 0.1) is 0 Å². The monoisotopic (exact) mass is 438 g/mol. The maximum absolute atomic E-state index is 12.8. The number of hydrogen-bond donors (Lipinski definition) is 0. The number of aromatic nitrogens is 2. The Balaban J connectivity index is 1.38. The molecule has 1 aliphatic rings. The van der Waals surface area contributed by atoms with E-state index in [0.29, 0.717) is 32.5 Å². The first-order valence-electron chi connectivity index (χ1n) is 10.3. The fourth-order valence-corrected chi connectivity index (χ4v) is 5.25. The average Bonchev–Trinajstić information content (AvgIpc) is 3.07. The third-order valence-electron chi connectivity index (χ3n) is 5.54. The van der Waals surface area contributed by atoms with Gasteiger partial charge >= 0.3 is 0 Å². The van der Waals surface area contributed by atoms with Crippen LogP contribution in [0.1, 0.15) is 12.0 Å². The first-order chi connectivity index (χ1) is 14.9. The van der Waals surface area contributed by atoms with E-state index in [2.05, 4.69) is 17.2 Å². The van der Waals surface area contributed by atoms with Gasteiger partial charge in [0.25, 0.3) is 0 Å². The van der Waals surface area contributed by atoms with Gasteiger partial charge in [-0.3, -0.25) is 9.48 Å². The SMILES string of the molecule is Cn1cc(S(=O)(=O)N2CCCN(C(=O)Cc3ccc(-c4ccccc4)cc3)CC2)cn1. The van der Waals surface area contributed by atoms with E-state index in [-0.39, 0.29) is 17.3 Å². The summed E-state index contributed by atoms with van der Waals surface area (Å²) < 4.78 is 28.6. The Morgan fingerprint density at radius 2 is 1.65 bits per heavy atom. The molecule has 1 aromatic heterocycles. The number of sulfonamides is 1. The van der Waals surface area contributed by atoms with Gasteiger partial charge in [0.05, 0.1) is 12.6 Å². The van der Waals surface area contributed by atoms with E-state index in [9.17, 15) is 13.2 Å². The minimum Gasteiger partial charge on any atom is -0.341 e. The highest BCUT2D eigenvalue weighted by molar-refractivity contribution is 7.89. The summed E-state index contributed by atoms with van der Waals surface area (Å²) in [5.41, 5.74) is 3.21. The van der Waals surface area contributed by atoms with Gasteiger partial charge in [-0.05, 0) is 23.1 Å². The zero-order valence-electron chi connectivity index (χ0n) is 17.5. The van der Waals surface area contributed by atoms with Crippen LogP contribution in [0.3, 0.4) is 0 Å². The topological polar surface area (TPSA) is 75.5 Å². The second kappa shape index (κ2) is 9.03. The van der Waals surface area contributed by atoms with E-state index in [0.717, 1.165) is 16.7 Å². The van der Waals surface area contributed by atoms with Crippen LogP contribution in [0.4, 0.5) is 0 Å². The summed E-state index contributed by atoms with van der Waals surface area (Å²) in [6, 6.07) is 18.1. The highest BCUT2D eigenvalue weighted by Gasteiger charge is 2.29. The molecule has 0 spiro atoms. The molecule has 1 saturated heterocycles. The summed E-state index contributed by atoms with van der Waals surface area (Å²) in [6.07, 6.45) is 3.78. The predicted octanol–water partition coefficient (Wildman–Crippen LogP) is 2.55. The van der Waals surface area contributed by atoms with Crippen molar-refractivity contribution < 1.29 is 13.2 Å². The Hall–Kier alpha value is -2.97. The Kier molecular flexibility index (Phi) is 6.20. The van der Waals surface area contributed by atoms with Crippen LogP contribution in [-0.4, -0.2) is 59.5 Å². The number of benzene rings is 2. The molecule has 1 fully saturated rings. The smallest absolute Gasteiger partial charge is 0.246 e. The van der Waals surface area contributed by atoms with Crippen LogP contribution >= 0.6 is 0 Å². The fourth-order valence-electron chi connectivity index (χ4n) is 3.80. The molecule has 162 valence electrons. The summed E-state index contributed by atoms with van der Waals surface area (Å²) >= 11 is 0. The summed E-state index contributed by atoms with van der Waals surface area (Å²) in [5.74, 6) is 0.0214. The molecule has 0 radical (unpaired) electrons. The number of carbonyl (C=O) groups excluding carboxylic acids is 1. The first kappa shape index (κ1) is 21.3. The van der Waals surface area contributed by atoms with Gasteiger partial charge in [0.2, 0.25) is 15.9 Å². The van der Waals surface area contributed by atoms with Crippen LogP contribution < -0.4 is 0 Å². The van der Waals surface area contributed by atoms with Crippen LogP contribution in [0.5, 0.6) is 0 Å². The molecule has 31 heavy (non-hydrogen) atoms. The number of nitrogens with zero attached hydrogens (tertiary/aromatic N) is 4. The molecular formula is C23H26N4O3S. The summed E-state index contributed by atoms with van der Waals surface area (Å²) in [4.78, 5) is 14.8. The number of rotatable bonds is 5. The van der Waals surface area contributed by atoms with E-state index >= 15 is 0 Å². The molecule has 0 N–H and O–H groups in total. The van der Waals surface area contributed by atoms with Crippen molar-refractivity contribution in [3.8, 4) is 11.1 Å². The van der Waals surface area contributed by atoms with Crippen molar-refractivity contribution in [3.05, 3.63) is 72.6 Å². The van der Waals surface area contributed by atoms with Gasteiger partial charge in [-0.2, -0.15) is 9.40 Å². The Morgan fingerprint density at radius 3 is 2.32 bits per heavy atom. The average molecular weight is 439 g/mol. The molecule has 0 unspecified atom stereocenters. The molecule has 7 nitrogen and oxygen atoms in total. The highest BCUT2D eigenvalue weighted by Crippen LogP contribution is 2.20. The van der Waals surface area contributed by atoms with Crippen molar-refractivity contribution in [2.75, 3.05) is 26.2 Å². The lowest BCUT2D eigenvalue weighted by Gasteiger charge is -2.21. The minimum atomic E-state index is -3.59. The molecule has 3 aromatic rings. The van der Waals surface area contributed by atoms with Gasteiger partial charge < -0.3 is 4.90 Å². The summed E-state index contributed by atoms with van der Waals surface area (Å²) in [5, 5.41) is 3.96. The van der Waals surface area contributed by atoms with Gasteiger partial charge in [-0.15, -0.1) is 0 Å². The number of carbonyl (C=O) groups is 1. The van der Waals surface area contributed by atoms with Crippen LogP contribution in [-0.2, 0) is 28.3 Å². The van der Waals surface area contributed by atoms with E-state index in [1.54, 1.807) is 11.9 Å². The fraction of sp³-hybridized carbons (Fsp3) is 0.304. The molecule has 0 saturated carbocycles. The first-order valence-corrected chi connectivity index (χ1v) is 11.8. The van der Waals surface area contributed by atoms with E-state index in [1.807, 2.05) is 42.5 Å². The number of hydrogen-bond acceptors (Lipinski definition) is 4. The van der Waals surface area contributed by atoms with Crippen molar-refractivity contribution in [2.45, 2.75) is 17.7 Å². The maximum atomic E-state index is 12.8. The van der Waals surface area contributed by atoms with Crippen molar-refractivity contribution in [1.82, 2.24) is 19.0 Å². The lowest BCUT2D eigenvalue weighted by Crippen LogP contribution is -2.37. The quantitative estimate of drug-likeness (QED) is 0.614. The molecule has 1 aliphatic heterocycles. The summed E-state index contributed by atoms with van der Waals surface area (Å²) in [7, 11) is -1.90. The largest absolute Gasteiger partial charge is 0.341 e. The molecule has 8 heteroatoms. The van der Waals surface area contributed by atoms with Crippen LogP contribution in [0.25, 0.3) is 11.1 Å². The predicted molar refractivity (Wildman–Crippen MR) is 119 cm³/mol. The molecule has 2 aromatic carbocycles. The highest BCUT2D eigenvalue weighted by atomic mass is 32.2. The molecular weight excluding hydrogens is 412 g/mol. The second-order valence-corrected chi connectivity index (χ2v) is 9.67. The number of aryl methyl sites for hydroxylation is 1. The van der Waals surface area contributed by atoms with E-state index in [1.165, 1.54) is 21.4 Å². The molecule has 2 heterocycles. The van der Waals surface area contributed by atoms with Gasteiger partial charge in [-0.1, -0.05) is 54.6 Å². The molecule has 4 rings (SSSR count). The minimum absolute atomic E-state index is 0.0214. The second-order valence-electron chi connectivity index (χ2n) is 7.73. The Morgan fingerprint density at radius 1 is 0.935 bits per heavy atom. The lowest BCUT2D eigenvalue weighted by molar-refractivity contribution is -0.130. The van der Waals surface area contributed by atoms with Crippen LogP contribution in [0.2, 0.25) is 0 Å². The normalized spacial score (nSPS) is 15.6. The van der Waals surface area contributed by atoms with Crippen molar-refractivity contribution in [3.63, 3.8) is 0 Å². The molecule has 0 aliphatic carbocycles.